The molecule has 0 spiro atoms. The number of piperazine rings is 1. The van der Waals surface area contributed by atoms with E-state index in [0.717, 1.165) is 61.1 Å². The molecule has 0 atom stereocenters. The molecule has 2 aromatic rings. The minimum atomic E-state index is -3.60. The van der Waals surface area contributed by atoms with Crippen LogP contribution in [0.3, 0.4) is 0 Å². The minimum Gasteiger partial charge on any atom is -0.493 e. The highest BCUT2D eigenvalue weighted by Gasteiger charge is 2.30. The predicted octanol–water partition coefficient (Wildman–Crippen LogP) is 3.31. The number of benzene rings is 2. The van der Waals surface area contributed by atoms with E-state index in [4.69, 9.17) is 4.74 Å². The Morgan fingerprint density at radius 2 is 1.74 bits per heavy atom. The monoisotopic (exact) mass is 461 g/mol. The van der Waals surface area contributed by atoms with Crippen molar-refractivity contribution in [3.8, 4) is 5.75 Å². The van der Waals surface area contributed by atoms with Gasteiger partial charge < -0.3 is 14.5 Å². The van der Waals surface area contributed by atoms with Crippen LogP contribution in [0.15, 0.2) is 52.3 Å². The quantitative estimate of drug-likeness (QED) is 0.590. The average Bonchev–Trinajstić information content (AvgIpc) is 2.77. The first-order valence-electron chi connectivity index (χ1n) is 10.8. The van der Waals surface area contributed by atoms with Gasteiger partial charge in [-0.25, -0.2) is 8.42 Å². The number of sulfonamides is 1. The summed E-state index contributed by atoms with van der Waals surface area (Å²) in [6.07, 6.45) is 0.959. The third-order valence-corrected chi connectivity index (χ3v) is 8.71. The second kappa shape index (κ2) is 9.81. The van der Waals surface area contributed by atoms with Crippen LogP contribution in [0.2, 0.25) is 0 Å². The average molecular weight is 462 g/mol. The van der Waals surface area contributed by atoms with Crippen molar-refractivity contribution in [2.24, 2.45) is 0 Å². The van der Waals surface area contributed by atoms with Crippen LogP contribution in [-0.2, 0) is 10.0 Å². The molecule has 1 saturated heterocycles. The lowest BCUT2D eigenvalue weighted by atomic mass is 10.2. The van der Waals surface area contributed by atoms with Gasteiger partial charge in [0.1, 0.15) is 5.75 Å². The van der Waals surface area contributed by atoms with Crippen LogP contribution in [0.1, 0.15) is 12.0 Å². The summed E-state index contributed by atoms with van der Waals surface area (Å²) in [6.45, 7) is 8.53. The van der Waals surface area contributed by atoms with Crippen LogP contribution < -0.4 is 9.04 Å². The molecule has 0 bridgehead atoms. The number of nitrogens with zero attached hydrogens (tertiary/aromatic N) is 3. The van der Waals surface area contributed by atoms with Crippen molar-refractivity contribution in [1.29, 1.82) is 0 Å². The van der Waals surface area contributed by atoms with E-state index in [-0.39, 0.29) is 0 Å². The SMILES string of the molecule is Cc1ccc(S(=O)(=O)N2CCSc3ccc(OCCCN4CCN(C)CC4)cc32)cc1. The van der Waals surface area contributed by atoms with Gasteiger partial charge in [-0.1, -0.05) is 17.7 Å². The van der Waals surface area contributed by atoms with Crippen molar-refractivity contribution in [1.82, 2.24) is 9.80 Å². The number of aryl methyl sites for hydroxylation is 1. The number of fused-ring (bicyclic) bond motifs is 1. The van der Waals surface area contributed by atoms with Gasteiger partial charge in [-0.15, -0.1) is 11.8 Å². The fourth-order valence-corrected chi connectivity index (χ4v) is 6.52. The minimum absolute atomic E-state index is 0.328. The number of ether oxygens (including phenoxy) is 1. The van der Waals surface area contributed by atoms with Crippen LogP contribution in [0.25, 0.3) is 0 Å². The fraction of sp³-hybridized carbons (Fsp3) is 0.478. The molecule has 0 amide bonds. The van der Waals surface area contributed by atoms with E-state index in [1.165, 1.54) is 4.31 Å². The van der Waals surface area contributed by atoms with Crippen molar-refractivity contribution in [2.45, 2.75) is 23.1 Å². The van der Waals surface area contributed by atoms with E-state index in [1.807, 2.05) is 37.3 Å². The number of anilines is 1. The summed E-state index contributed by atoms with van der Waals surface area (Å²) in [5.74, 6) is 1.47. The number of thioether (sulfide) groups is 1. The fourth-order valence-electron chi connectivity index (χ4n) is 3.90. The summed E-state index contributed by atoms with van der Waals surface area (Å²) >= 11 is 1.69. The first-order chi connectivity index (χ1) is 14.9. The van der Waals surface area contributed by atoms with Gasteiger partial charge >= 0.3 is 0 Å². The first kappa shape index (κ1) is 22.5. The standard InChI is InChI=1S/C23H31N3O3S2/c1-19-4-7-21(8-5-19)31(27,28)26-15-17-30-23-9-6-20(18-22(23)26)29-16-3-10-25-13-11-24(2)12-14-25/h4-9,18H,3,10-17H2,1-2H3. The molecule has 2 aliphatic heterocycles. The highest BCUT2D eigenvalue weighted by Crippen LogP contribution is 2.40. The van der Waals surface area contributed by atoms with E-state index < -0.39 is 10.0 Å². The largest absolute Gasteiger partial charge is 0.493 e. The molecule has 2 heterocycles. The molecule has 31 heavy (non-hydrogen) atoms. The van der Waals surface area contributed by atoms with Gasteiger partial charge in [0.15, 0.2) is 0 Å². The molecule has 6 nitrogen and oxygen atoms in total. The summed E-state index contributed by atoms with van der Waals surface area (Å²) in [6, 6.07) is 12.9. The maximum atomic E-state index is 13.3. The second-order valence-electron chi connectivity index (χ2n) is 8.22. The molecule has 0 aliphatic carbocycles. The van der Waals surface area contributed by atoms with Crippen LogP contribution in [0, 0.1) is 6.92 Å². The Morgan fingerprint density at radius 1 is 1.00 bits per heavy atom. The summed E-state index contributed by atoms with van der Waals surface area (Å²) in [5.41, 5.74) is 1.76. The van der Waals surface area contributed by atoms with E-state index in [2.05, 4.69) is 16.8 Å². The normalized spacial score (nSPS) is 18.1. The summed E-state index contributed by atoms with van der Waals surface area (Å²) < 4.78 is 34.1. The summed E-state index contributed by atoms with van der Waals surface area (Å²) in [4.78, 5) is 6.14. The number of rotatable bonds is 7. The van der Waals surface area contributed by atoms with Gasteiger partial charge in [-0.3, -0.25) is 4.31 Å². The number of likely N-dealkylation sites (N-methyl/N-ethyl adjacent to an activating group) is 1. The maximum Gasteiger partial charge on any atom is 0.264 e. The van der Waals surface area contributed by atoms with Crippen molar-refractivity contribution < 1.29 is 13.2 Å². The Morgan fingerprint density at radius 3 is 2.48 bits per heavy atom. The van der Waals surface area contributed by atoms with Gasteiger partial charge in [-0.05, 0) is 44.7 Å². The molecule has 0 saturated carbocycles. The molecule has 0 N–H and O–H groups in total. The van der Waals surface area contributed by atoms with Crippen LogP contribution in [0.5, 0.6) is 5.75 Å². The zero-order valence-electron chi connectivity index (χ0n) is 18.3. The summed E-state index contributed by atoms with van der Waals surface area (Å²) in [5, 5.41) is 0. The summed E-state index contributed by atoms with van der Waals surface area (Å²) in [7, 11) is -1.44. The molecule has 2 aromatic carbocycles. The molecule has 0 unspecified atom stereocenters. The Balaban J connectivity index is 1.42. The first-order valence-corrected chi connectivity index (χ1v) is 13.3. The van der Waals surface area contributed by atoms with Crippen LogP contribution in [-0.4, -0.2) is 76.9 Å². The molecular weight excluding hydrogens is 430 g/mol. The molecule has 0 aromatic heterocycles. The van der Waals surface area contributed by atoms with Crippen molar-refractivity contribution in [2.75, 3.05) is 63.0 Å². The second-order valence-corrected chi connectivity index (χ2v) is 11.2. The third kappa shape index (κ3) is 5.37. The molecule has 2 aliphatic rings. The van der Waals surface area contributed by atoms with Gasteiger partial charge in [-0.2, -0.15) is 0 Å². The third-order valence-electron chi connectivity index (χ3n) is 5.84. The molecule has 168 valence electrons. The zero-order chi connectivity index (χ0) is 21.8. The van der Waals surface area contributed by atoms with E-state index in [1.54, 1.807) is 23.9 Å². The van der Waals surface area contributed by atoms with Crippen molar-refractivity contribution in [3.05, 3.63) is 48.0 Å². The molecular formula is C23H31N3O3S2. The Kier molecular flexibility index (Phi) is 7.11. The number of hydrogen-bond donors (Lipinski definition) is 0. The smallest absolute Gasteiger partial charge is 0.264 e. The van der Waals surface area contributed by atoms with Crippen LogP contribution >= 0.6 is 11.8 Å². The predicted molar refractivity (Wildman–Crippen MR) is 127 cm³/mol. The molecule has 1 fully saturated rings. The maximum absolute atomic E-state index is 13.3. The lowest BCUT2D eigenvalue weighted by molar-refractivity contribution is 0.145. The van der Waals surface area contributed by atoms with Crippen molar-refractivity contribution >= 4 is 27.5 Å². The van der Waals surface area contributed by atoms with E-state index in [9.17, 15) is 8.42 Å². The van der Waals surface area contributed by atoms with Gasteiger partial charge in [0, 0.05) is 56.0 Å². The van der Waals surface area contributed by atoms with Crippen molar-refractivity contribution in [3.63, 3.8) is 0 Å². The Bertz CT molecular complexity index is 988. The molecule has 4 rings (SSSR count). The Labute approximate surface area is 190 Å². The number of hydrogen-bond acceptors (Lipinski definition) is 6. The highest BCUT2D eigenvalue weighted by atomic mass is 32.2. The van der Waals surface area contributed by atoms with Crippen LogP contribution in [0.4, 0.5) is 5.69 Å². The van der Waals surface area contributed by atoms with E-state index in [0.29, 0.717) is 23.7 Å². The van der Waals surface area contributed by atoms with Gasteiger partial charge in [0.25, 0.3) is 10.0 Å². The van der Waals surface area contributed by atoms with Gasteiger partial charge in [0.2, 0.25) is 0 Å². The highest BCUT2D eigenvalue weighted by molar-refractivity contribution is 8.00. The van der Waals surface area contributed by atoms with E-state index >= 15 is 0 Å². The lowest BCUT2D eigenvalue weighted by Crippen LogP contribution is -2.44. The van der Waals surface area contributed by atoms with Gasteiger partial charge in [0.05, 0.1) is 17.2 Å². The molecule has 8 heteroatoms. The zero-order valence-corrected chi connectivity index (χ0v) is 19.9. The lowest BCUT2D eigenvalue weighted by Gasteiger charge is -2.32. The molecule has 0 radical (unpaired) electrons. The topological polar surface area (TPSA) is 53.1 Å². The Hall–Kier alpha value is -1.74.